The van der Waals surface area contributed by atoms with Crippen molar-refractivity contribution < 1.29 is 28.6 Å². The summed E-state index contributed by atoms with van der Waals surface area (Å²) in [6, 6.07) is 4.82. The molecule has 1 heterocycles. The highest BCUT2D eigenvalue weighted by Gasteiger charge is 2.32. The smallest absolute Gasteiger partial charge is 0.313 e. The second-order valence-electron chi connectivity index (χ2n) is 5.87. The molecule has 0 aliphatic carbocycles. The Labute approximate surface area is 152 Å². The highest BCUT2D eigenvalue weighted by molar-refractivity contribution is 6.39. The molecule has 0 saturated carbocycles. The van der Waals surface area contributed by atoms with E-state index < -0.39 is 11.8 Å². The number of ether oxygens (including phenoxy) is 3. The molecule has 1 aromatic carbocycles. The molecule has 0 spiro atoms. The van der Waals surface area contributed by atoms with E-state index in [1.165, 1.54) is 19.1 Å². The van der Waals surface area contributed by atoms with Gasteiger partial charge in [-0.1, -0.05) is 0 Å². The standard InChI is InChI=1S/C18H24N2O6/c1-4-26-18(23)12-6-5-9-20(11-12)17(22)16(21)19-13-7-8-14(24-2)15(10-13)25-3/h7-8,10,12H,4-6,9,11H2,1-3H3,(H,19,21). The van der Waals surface area contributed by atoms with E-state index in [0.29, 0.717) is 43.2 Å². The molecule has 0 bridgehead atoms. The summed E-state index contributed by atoms with van der Waals surface area (Å²) in [5, 5.41) is 2.55. The van der Waals surface area contributed by atoms with Gasteiger partial charge in [0.25, 0.3) is 0 Å². The van der Waals surface area contributed by atoms with Gasteiger partial charge in [-0.2, -0.15) is 0 Å². The van der Waals surface area contributed by atoms with Crippen LogP contribution in [0.25, 0.3) is 0 Å². The molecular formula is C18H24N2O6. The fraction of sp³-hybridized carbons (Fsp3) is 0.500. The van der Waals surface area contributed by atoms with Crippen molar-refractivity contribution in [2.24, 2.45) is 5.92 Å². The van der Waals surface area contributed by atoms with Crippen LogP contribution < -0.4 is 14.8 Å². The number of carbonyl (C=O) groups excluding carboxylic acids is 3. The Morgan fingerprint density at radius 1 is 1.19 bits per heavy atom. The van der Waals surface area contributed by atoms with Crippen LogP contribution in [0.15, 0.2) is 18.2 Å². The number of amides is 2. The summed E-state index contributed by atoms with van der Waals surface area (Å²) >= 11 is 0. The molecular weight excluding hydrogens is 340 g/mol. The van der Waals surface area contributed by atoms with E-state index in [2.05, 4.69) is 5.32 Å². The lowest BCUT2D eigenvalue weighted by Crippen LogP contribution is -2.47. The molecule has 1 N–H and O–H groups in total. The number of carbonyl (C=O) groups is 3. The predicted molar refractivity (Wildman–Crippen MR) is 94.1 cm³/mol. The number of esters is 1. The molecule has 1 aliphatic rings. The largest absolute Gasteiger partial charge is 0.493 e. The average Bonchev–Trinajstić information content (AvgIpc) is 2.67. The van der Waals surface area contributed by atoms with Gasteiger partial charge in [-0.15, -0.1) is 0 Å². The molecule has 142 valence electrons. The van der Waals surface area contributed by atoms with Gasteiger partial charge in [0, 0.05) is 24.8 Å². The number of rotatable bonds is 5. The summed E-state index contributed by atoms with van der Waals surface area (Å²) in [5.74, 6) is -1.19. The molecule has 8 nitrogen and oxygen atoms in total. The van der Waals surface area contributed by atoms with Crippen molar-refractivity contribution >= 4 is 23.5 Å². The maximum absolute atomic E-state index is 12.4. The molecule has 8 heteroatoms. The van der Waals surface area contributed by atoms with Crippen LogP contribution in [-0.2, 0) is 19.1 Å². The molecule has 0 aromatic heterocycles. The van der Waals surface area contributed by atoms with E-state index in [1.54, 1.807) is 25.1 Å². The Balaban J connectivity index is 2.00. The highest BCUT2D eigenvalue weighted by atomic mass is 16.5. The third-order valence-electron chi connectivity index (χ3n) is 4.16. The first-order valence-corrected chi connectivity index (χ1v) is 8.49. The molecule has 1 aliphatic heterocycles. The zero-order chi connectivity index (χ0) is 19.1. The van der Waals surface area contributed by atoms with Crippen LogP contribution in [0.4, 0.5) is 5.69 Å². The van der Waals surface area contributed by atoms with Crippen LogP contribution in [-0.4, -0.2) is 56.6 Å². The minimum absolute atomic E-state index is 0.191. The van der Waals surface area contributed by atoms with Gasteiger partial charge in [-0.3, -0.25) is 14.4 Å². The molecule has 26 heavy (non-hydrogen) atoms. The third kappa shape index (κ3) is 4.65. The van der Waals surface area contributed by atoms with Gasteiger partial charge in [0.2, 0.25) is 0 Å². The molecule has 1 unspecified atom stereocenters. The maximum Gasteiger partial charge on any atom is 0.313 e. The first-order chi connectivity index (χ1) is 12.5. The van der Waals surface area contributed by atoms with Crippen molar-refractivity contribution in [3.05, 3.63) is 18.2 Å². The van der Waals surface area contributed by atoms with Crippen molar-refractivity contribution in [1.29, 1.82) is 0 Å². The summed E-state index contributed by atoms with van der Waals surface area (Å²) in [4.78, 5) is 38.0. The molecule has 1 fully saturated rings. The summed E-state index contributed by atoms with van der Waals surface area (Å²) in [5.41, 5.74) is 0.417. The van der Waals surface area contributed by atoms with Crippen molar-refractivity contribution in [2.45, 2.75) is 19.8 Å². The number of methoxy groups -OCH3 is 2. The first-order valence-electron chi connectivity index (χ1n) is 8.49. The normalized spacial score (nSPS) is 16.6. The van der Waals surface area contributed by atoms with E-state index in [1.807, 2.05) is 0 Å². The predicted octanol–water partition coefficient (Wildman–Crippen LogP) is 1.44. The van der Waals surface area contributed by atoms with Crippen molar-refractivity contribution in [3.63, 3.8) is 0 Å². The lowest BCUT2D eigenvalue weighted by Gasteiger charge is -2.31. The second kappa shape index (κ2) is 9.07. The van der Waals surface area contributed by atoms with Crippen LogP contribution in [0.5, 0.6) is 11.5 Å². The minimum atomic E-state index is -0.762. The van der Waals surface area contributed by atoms with E-state index >= 15 is 0 Å². The Morgan fingerprint density at radius 3 is 2.58 bits per heavy atom. The van der Waals surface area contributed by atoms with Crippen LogP contribution >= 0.6 is 0 Å². The number of nitrogens with zero attached hydrogens (tertiary/aromatic N) is 1. The van der Waals surface area contributed by atoms with Gasteiger partial charge >= 0.3 is 17.8 Å². The van der Waals surface area contributed by atoms with Crippen LogP contribution in [0.3, 0.4) is 0 Å². The van der Waals surface area contributed by atoms with Crippen LogP contribution in [0.2, 0.25) is 0 Å². The Bertz CT molecular complexity index is 676. The lowest BCUT2D eigenvalue weighted by atomic mass is 9.98. The maximum atomic E-state index is 12.4. The fourth-order valence-corrected chi connectivity index (χ4v) is 2.86. The quantitative estimate of drug-likeness (QED) is 0.628. The van der Waals surface area contributed by atoms with Gasteiger partial charge in [0.1, 0.15) is 0 Å². The Hall–Kier alpha value is -2.77. The topological polar surface area (TPSA) is 94.2 Å². The van der Waals surface area contributed by atoms with E-state index in [-0.39, 0.29) is 18.4 Å². The van der Waals surface area contributed by atoms with Crippen molar-refractivity contribution in [2.75, 3.05) is 39.2 Å². The fourth-order valence-electron chi connectivity index (χ4n) is 2.86. The number of hydrogen-bond acceptors (Lipinski definition) is 6. The summed E-state index contributed by atoms with van der Waals surface area (Å²) < 4.78 is 15.3. The number of nitrogens with one attached hydrogen (secondary N) is 1. The molecule has 2 rings (SSSR count). The first kappa shape index (κ1) is 19.6. The summed E-state index contributed by atoms with van der Waals surface area (Å²) in [6.07, 6.45) is 1.30. The van der Waals surface area contributed by atoms with E-state index in [9.17, 15) is 14.4 Å². The lowest BCUT2D eigenvalue weighted by molar-refractivity contribution is -0.153. The molecule has 1 atom stereocenters. The molecule has 1 aromatic rings. The summed E-state index contributed by atoms with van der Waals surface area (Å²) in [7, 11) is 2.99. The Morgan fingerprint density at radius 2 is 1.92 bits per heavy atom. The highest BCUT2D eigenvalue weighted by Crippen LogP contribution is 2.29. The SMILES string of the molecule is CCOC(=O)C1CCCN(C(=O)C(=O)Nc2ccc(OC)c(OC)c2)C1. The number of hydrogen-bond donors (Lipinski definition) is 1. The van der Waals surface area contributed by atoms with Crippen molar-refractivity contribution in [1.82, 2.24) is 4.90 Å². The summed E-state index contributed by atoms with van der Waals surface area (Å²) in [6.45, 7) is 2.66. The number of benzene rings is 1. The van der Waals surface area contributed by atoms with E-state index in [4.69, 9.17) is 14.2 Å². The zero-order valence-electron chi connectivity index (χ0n) is 15.2. The van der Waals surface area contributed by atoms with Crippen LogP contribution in [0.1, 0.15) is 19.8 Å². The zero-order valence-corrected chi connectivity index (χ0v) is 15.2. The van der Waals surface area contributed by atoms with Gasteiger partial charge in [-0.25, -0.2) is 0 Å². The van der Waals surface area contributed by atoms with E-state index in [0.717, 1.165) is 0 Å². The second-order valence-corrected chi connectivity index (χ2v) is 5.87. The van der Waals surface area contributed by atoms with Crippen LogP contribution in [0, 0.1) is 5.92 Å². The number of piperidine rings is 1. The number of anilines is 1. The van der Waals surface area contributed by atoms with Crippen molar-refractivity contribution in [3.8, 4) is 11.5 Å². The average molecular weight is 364 g/mol. The van der Waals surface area contributed by atoms with Gasteiger partial charge < -0.3 is 24.4 Å². The number of likely N-dealkylation sites (tertiary alicyclic amines) is 1. The minimum Gasteiger partial charge on any atom is -0.493 e. The van der Waals surface area contributed by atoms with Gasteiger partial charge in [0.15, 0.2) is 11.5 Å². The molecule has 0 radical (unpaired) electrons. The monoisotopic (exact) mass is 364 g/mol. The van der Waals surface area contributed by atoms with Gasteiger partial charge in [-0.05, 0) is 31.9 Å². The van der Waals surface area contributed by atoms with Gasteiger partial charge in [0.05, 0.1) is 26.7 Å². The molecule has 2 amide bonds. The Kier molecular flexibility index (Phi) is 6.82. The third-order valence-corrected chi connectivity index (χ3v) is 4.16. The molecule has 1 saturated heterocycles.